The number of hydrogen-bond donors (Lipinski definition) is 0. The molecular weight excluding hydrogens is 472 g/mol. The first-order valence-electron chi connectivity index (χ1n) is 11.1. The average Bonchev–Trinajstić information content (AvgIpc) is 3.29. The van der Waals surface area contributed by atoms with Gasteiger partial charge in [0.25, 0.3) is 5.91 Å². The molecule has 1 aromatic heterocycles. The average molecular weight is 493 g/mol. The predicted molar refractivity (Wildman–Crippen MR) is 132 cm³/mol. The van der Waals surface area contributed by atoms with E-state index in [0.29, 0.717) is 34.5 Å². The second-order valence-corrected chi connectivity index (χ2v) is 9.16. The van der Waals surface area contributed by atoms with Crippen LogP contribution in [0, 0.1) is 11.9 Å². The number of aromatic nitrogens is 2. The van der Waals surface area contributed by atoms with Gasteiger partial charge in [0.1, 0.15) is 5.82 Å². The summed E-state index contributed by atoms with van der Waals surface area (Å²) < 4.78 is 15.3. The number of halogens is 3. The molecule has 3 aromatic carbocycles. The second-order valence-electron chi connectivity index (χ2n) is 8.31. The third kappa shape index (κ3) is 4.59. The summed E-state index contributed by atoms with van der Waals surface area (Å²) in [6.07, 6.45) is 1.54. The van der Waals surface area contributed by atoms with Crippen molar-refractivity contribution in [1.82, 2.24) is 14.7 Å². The van der Waals surface area contributed by atoms with Crippen molar-refractivity contribution in [3.05, 3.63) is 106 Å². The zero-order valence-electron chi connectivity index (χ0n) is 18.2. The number of nitrogens with zero attached hydrogens (tertiary/aromatic N) is 3. The molecule has 1 amide bonds. The quantitative estimate of drug-likeness (QED) is 0.314. The Morgan fingerprint density at radius 2 is 1.71 bits per heavy atom. The number of amides is 1. The first kappa shape index (κ1) is 22.6. The topological polar surface area (TPSA) is 38.1 Å². The first-order valence-corrected chi connectivity index (χ1v) is 11.8. The van der Waals surface area contributed by atoms with Gasteiger partial charge in [-0.15, -0.1) is 0 Å². The Morgan fingerprint density at radius 1 is 0.971 bits per heavy atom. The van der Waals surface area contributed by atoms with E-state index >= 15 is 0 Å². The highest BCUT2D eigenvalue weighted by Gasteiger charge is 2.27. The van der Waals surface area contributed by atoms with E-state index in [-0.39, 0.29) is 23.3 Å². The van der Waals surface area contributed by atoms with Crippen LogP contribution in [0.4, 0.5) is 4.39 Å². The van der Waals surface area contributed by atoms with E-state index in [9.17, 15) is 9.18 Å². The maximum absolute atomic E-state index is 13.6. The standard InChI is InChI=1S/C27H21Cl2FN3O/c28-21-10-8-19(9-11-21)26-17-24(31-33(26)25-7-2-1-6-23(25)29)27(34)32-14-12-18(13-15-32)20-4-3-5-22(30)16-20/h1-11,16,18H,12-15H2. The number of benzene rings is 3. The molecule has 7 heteroatoms. The zero-order chi connectivity index (χ0) is 23.7. The van der Waals surface area contributed by atoms with E-state index < -0.39 is 0 Å². The van der Waals surface area contributed by atoms with Crippen molar-refractivity contribution in [2.75, 3.05) is 13.1 Å². The smallest absolute Gasteiger partial charge is 0.275 e. The van der Waals surface area contributed by atoms with Crippen LogP contribution in [0.15, 0.2) is 72.8 Å². The van der Waals surface area contributed by atoms with E-state index in [0.717, 1.165) is 24.0 Å². The van der Waals surface area contributed by atoms with Gasteiger partial charge in [0, 0.05) is 29.7 Å². The summed E-state index contributed by atoms with van der Waals surface area (Å²) >= 11 is 12.5. The minimum atomic E-state index is -0.231. The lowest BCUT2D eigenvalue weighted by Crippen LogP contribution is -2.38. The Kier molecular flexibility index (Phi) is 6.40. The minimum Gasteiger partial charge on any atom is -0.337 e. The first-order chi connectivity index (χ1) is 16.5. The number of hydrogen-bond acceptors (Lipinski definition) is 2. The van der Waals surface area contributed by atoms with Crippen LogP contribution in [-0.2, 0) is 0 Å². The summed E-state index contributed by atoms with van der Waals surface area (Å²) in [5.74, 6) is -0.182. The molecular formula is C27H21Cl2FN3O. The fraction of sp³-hybridized carbons (Fsp3) is 0.185. The van der Waals surface area contributed by atoms with Crippen LogP contribution in [0.25, 0.3) is 16.9 Å². The molecule has 4 aromatic rings. The van der Waals surface area contributed by atoms with Crippen molar-refractivity contribution in [2.24, 2.45) is 0 Å². The van der Waals surface area contributed by atoms with E-state index in [1.54, 1.807) is 39.9 Å². The lowest BCUT2D eigenvalue weighted by Gasteiger charge is -2.31. The minimum absolute atomic E-state index is 0.182. The predicted octanol–water partition coefficient (Wildman–Crippen LogP) is 6.81. The SMILES string of the molecule is O=C(c1[c]c(-c2ccc(Cl)cc2)n(-c2ccccc2Cl)n1)N1CCC(c2cccc(F)c2)CC1. The molecule has 2 heterocycles. The third-order valence-electron chi connectivity index (χ3n) is 6.15. The molecule has 0 N–H and O–H groups in total. The second kappa shape index (κ2) is 9.61. The monoisotopic (exact) mass is 492 g/mol. The molecule has 1 radical (unpaired) electrons. The highest BCUT2D eigenvalue weighted by molar-refractivity contribution is 6.32. The molecule has 0 bridgehead atoms. The Hall–Kier alpha value is -3.15. The van der Waals surface area contributed by atoms with Crippen molar-refractivity contribution in [1.29, 1.82) is 0 Å². The van der Waals surface area contributed by atoms with Gasteiger partial charge >= 0.3 is 0 Å². The third-order valence-corrected chi connectivity index (χ3v) is 6.72. The van der Waals surface area contributed by atoms with Crippen LogP contribution < -0.4 is 0 Å². The summed E-state index contributed by atoms with van der Waals surface area (Å²) in [6.45, 7) is 1.15. The molecule has 1 aliphatic rings. The summed E-state index contributed by atoms with van der Waals surface area (Å²) in [5, 5.41) is 5.74. The van der Waals surface area contributed by atoms with E-state index in [4.69, 9.17) is 23.2 Å². The van der Waals surface area contributed by atoms with Crippen LogP contribution in [0.1, 0.15) is 34.8 Å². The van der Waals surface area contributed by atoms with Gasteiger partial charge in [0.15, 0.2) is 5.69 Å². The molecule has 0 saturated carbocycles. The molecule has 0 aliphatic carbocycles. The van der Waals surface area contributed by atoms with Gasteiger partial charge in [-0.3, -0.25) is 4.79 Å². The lowest BCUT2D eigenvalue weighted by atomic mass is 9.89. The van der Waals surface area contributed by atoms with Gasteiger partial charge in [-0.25, -0.2) is 9.07 Å². The molecule has 1 saturated heterocycles. The summed E-state index contributed by atoms with van der Waals surface area (Å²) in [7, 11) is 0. The fourth-order valence-corrected chi connectivity index (χ4v) is 4.70. The van der Waals surface area contributed by atoms with Gasteiger partial charge in [-0.05, 0) is 60.7 Å². The largest absolute Gasteiger partial charge is 0.337 e. The molecule has 4 nitrogen and oxygen atoms in total. The van der Waals surface area contributed by atoms with Crippen LogP contribution >= 0.6 is 23.2 Å². The summed E-state index contributed by atoms with van der Waals surface area (Å²) in [6, 6.07) is 24.5. The molecule has 5 rings (SSSR count). The lowest BCUT2D eigenvalue weighted by molar-refractivity contribution is 0.0706. The highest BCUT2D eigenvalue weighted by Crippen LogP contribution is 2.31. The number of carbonyl (C=O) groups excluding carboxylic acids is 1. The number of carbonyl (C=O) groups is 1. The van der Waals surface area contributed by atoms with Crippen molar-refractivity contribution in [3.8, 4) is 16.9 Å². The van der Waals surface area contributed by atoms with Gasteiger partial charge in [0.2, 0.25) is 0 Å². The number of rotatable bonds is 4. The van der Waals surface area contributed by atoms with Crippen molar-refractivity contribution in [2.45, 2.75) is 18.8 Å². The van der Waals surface area contributed by atoms with Crippen molar-refractivity contribution >= 4 is 29.1 Å². The van der Waals surface area contributed by atoms with Crippen molar-refractivity contribution < 1.29 is 9.18 Å². The normalized spacial score (nSPS) is 14.4. The van der Waals surface area contributed by atoms with Gasteiger partial charge in [0.05, 0.1) is 16.4 Å². The Labute approximate surface area is 207 Å². The molecule has 0 spiro atoms. The van der Waals surface area contributed by atoms with Crippen molar-refractivity contribution in [3.63, 3.8) is 0 Å². The van der Waals surface area contributed by atoms with Gasteiger partial charge in [-0.2, -0.15) is 5.10 Å². The summed E-state index contributed by atoms with van der Waals surface area (Å²) in [4.78, 5) is 15.2. The molecule has 1 aliphatic heterocycles. The molecule has 0 atom stereocenters. The summed E-state index contributed by atoms with van der Waals surface area (Å²) in [5.41, 5.74) is 3.32. The fourth-order valence-electron chi connectivity index (χ4n) is 4.36. The van der Waals surface area contributed by atoms with Crippen LogP contribution in [0.2, 0.25) is 10.0 Å². The number of piperidine rings is 1. The molecule has 0 unspecified atom stereocenters. The van der Waals surface area contributed by atoms with Crippen LogP contribution in [0.3, 0.4) is 0 Å². The number of likely N-dealkylation sites (tertiary alicyclic amines) is 1. The maximum atomic E-state index is 13.6. The Morgan fingerprint density at radius 3 is 2.41 bits per heavy atom. The Balaban J connectivity index is 1.42. The van der Waals surface area contributed by atoms with Gasteiger partial charge < -0.3 is 4.90 Å². The maximum Gasteiger partial charge on any atom is 0.275 e. The van der Waals surface area contributed by atoms with Gasteiger partial charge in [-0.1, -0.05) is 59.6 Å². The highest BCUT2D eigenvalue weighted by atomic mass is 35.5. The van der Waals surface area contributed by atoms with E-state index in [2.05, 4.69) is 11.2 Å². The van der Waals surface area contributed by atoms with E-state index in [1.165, 1.54) is 6.07 Å². The Bertz CT molecular complexity index is 1330. The number of para-hydroxylation sites is 1. The molecule has 1 fully saturated rings. The van der Waals surface area contributed by atoms with Crippen LogP contribution in [0.5, 0.6) is 0 Å². The molecule has 34 heavy (non-hydrogen) atoms. The van der Waals surface area contributed by atoms with Crippen LogP contribution in [-0.4, -0.2) is 33.7 Å². The zero-order valence-corrected chi connectivity index (χ0v) is 19.7. The van der Waals surface area contributed by atoms with E-state index in [1.807, 2.05) is 36.4 Å². The molecule has 171 valence electrons.